The molecule has 2 aliphatic heterocycles. The van der Waals surface area contributed by atoms with Crippen LogP contribution in [0.15, 0.2) is 41.7 Å². The fourth-order valence-corrected chi connectivity index (χ4v) is 2.23. The van der Waals surface area contributed by atoms with E-state index in [1.807, 2.05) is 30.3 Å². The van der Waals surface area contributed by atoms with Crippen LogP contribution < -0.4 is 0 Å². The van der Waals surface area contributed by atoms with Crippen molar-refractivity contribution in [3.8, 4) is 0 Å². The molecule has 104 valence electrons. The van der Waals surface area contributed by atoms with Gasteiger partial charge in [-0.2, -0.15) is 0 Å². The van der Waals surface area contributed by atoms with Gasteiger partial charge in [0.1, 0.15) is 12.4 Å². The summed E-state index contributed by atoms with van der Waals surface area (Å²) >= 11 is 0. The van der Waals surface area contributed by atoms with Crippen molar-refractivity contribution in [1.82, 2.24) is 4.90 Å². The van der Waals surface area contributed by atoms with Crippen LogP contribution >= 0.6 is 0 Å². The second-order valence-corrected chi connectivity index (χ2v) is 4.91. The molecule has 5 heteroatoms. The molecule has 0 saturated carbocycles. The van der Waals surface area contributed by atoms with Gasteiger partial charge >= 0.3 is 5.97 Å². The molecular weight excluding hydrogens is 258 g/mol. The van der Waals surface area contributed by atoms with E-state index in [4.69, 9.17) is 9.47 Å². The molecule has 0 aliphatic carbocycles. The fourth-order valence-electron chi connectivity index (χ4n) is 2.23. The Balaban J connectivity index is 1.61. The van der Waals surface area contributed by atoms with Crippen molar-refractivity contribution in [2.45, 2.75) is 26.2 Å². The van der Waals surface area contributed by atoms with E-state index in [1.165, 1.54) is 0 Å². The van der Waals surface area contributed by atoms with Gasteiger partial charge in [-0.3, -0.25) is 9.69 Å². The predicted octanol–water partition coefficient (Wildman–Crippen LogP) is 1.59. The minimum atomic E-state index is -0.404. The molecule has 0 aromatic heterocycles. The Labute approximate surface area is 116 Å². The highest BCUT2D eigenvalue weighted by Gasteiger charge is 2.44. The van der Waals surface area contributed by atoms with E-state index in [0.29, 0.717) is 24.3 Å². The first-order chi connectivity index (χ1) is 9.65. The van der Waals surface area contributed by atoms with Crippen molar-refractivity contribution in [1.29, 1.82) is 0 Å². The van der Waals surface area contributed by atoms with Gasteiger partial charge in [0.05, 0.1) is 18.5 Å². The third-order valence-corrected chi connectivity index (χ3v) is 3.55. The summed E-state index contributed by atoms with van der Waals surface area (Å²) in [5.74, 6) is 0.202. The third kappa shape index (κ3) is 2.27. The summed E-state index contributed by atoms with van der Waals surface area (Å²) in [6.07, 6.45) is 0.213. The zero-order valence-electron chi connectivity index (χ0n) is 11.2. The average molecular weight is 273 g/mol. The van der Waals surface area contributed by atoms with E-state index in [2.05, 4.69) is 0 Å². The van der Waals surface area contributed by atoms with Crippen molar-refractivity contribution in [3.63, 3.8) is 0 Å². The highest BCUT2D eigenvalue weighted by atomic mass is 16.5. The Morgan fingerprint density at radius 2 is 2.15 bits per heavy atom. The van der Waals surface area contributed by atoms with Crippen LogP contribution in [0.1, 0.15) is 18.9 Å². The molecule has 0 bridgehead atoms. The molecule has 1 unspecified atom stereocenters. The minimum absolute atomic E-state index is 0.0652. The normalized spacial score (nSPS) is 22.8. The monoisotopic (exact) mass is 273 g/mol. The molecule has 1 aromatic carbocycles. The predicted molar refractivity (Wildman–Crippen MR) is 70.1 cm³/mol. The number of esters is 1. The highest BCUT2D eigenvalue weighted by molar-refractivity contribution is 5.89. The zero-order valence-corrected chi connectivity index (χ0v) is 11.2. The van der Waals surface area contributed by atoms with Crippen LogP contribution in [0.3, 0.4) is 0 Å². The lowest BCUT2D eigenvalue weighted by Gasteiger charge is -2.30. The summed E-state index contributed by atoms with van der Waals surface area (Å²) in [6.45, 7) is 2.27. The molecular formula is C15H15NO4. The summed E-state index contributed by atoms with van der Waals surface area (Å²) in [5, 5.41) is 0. The molecule has 1 amide bonds. The largest absolute Gasteiger partial charge is 0.472 e. The van der Waals surface area contributed by atoms with E-state index in [1.54, 1.807) is 11.8 Å². The van der Waals surface area contributed by atoms with E-state index >= 15 is 0 Å². The Morgan fingerprint density at radius 1 is 1.40 bits per heavy atom. The standard InChI is InChI=1S/C15H15NO4/c1-10(12-8-16-13(17)7-14(16)20-12)15(18)19-9-11-5-3-2-4-6-11/h2-6,14H,7-9H2,1H3/b12-10+. The summed E-state index contributed by atoms with van der Waals surface area (Å²) in [4.78, 5) is 24.8. The van der Waals surface area contributed by atoms with Gasteiger partial charge in [-0.1, -0.05) is 30.3 Å². The van der Waals surface area contributed by atoms with Crippen molar-refractivity contribution in [2.24, 2.45) is 0 Å². The van der Waals surface area contributed by atoms with Crippen LogP contribution in [0.5, 0.6) is 0 Å². The molecule has 2 saturated heterocycles. The van der Waals surface area contributed by atoms with E-state index in [0.717, 1.165) is 5.56 Å². The number of carbonyl (C=O) groups excluding carboxylic acids is 2. The zero-order chi connectivity index (χ0) is 14.1. The summed E-state index contributed by atoms with van der Waals surface area (Å²) in [7, 11) is 0. The quantitative estimate of drug-likeness (QED) is 0.477. The third-order valence-electron chi connectivity index (χ3n) is 3.55. The molecule has 1 atom stereocenters. The smallest absolute Gasteiger partial charge is 0.337 e. The highest BCUT2D eigenvalue weighted by Crippen LogP contribution is 2.32. The lowest BCUT2D eigenvalue weighted by Crippen LogP contribution is -2.48. The maximum Gasteiger partial charge on any atom is 0.337 e. The lowest BCUT2D eigenvalue weighted by atomic mass is 10.2. The van der Waals surface area contributed by atoms with E-state index in [-0.39, 0.29) is 18.7 Å². The Hall–Kier alpha value is -2.30. The summed E-state index contributed by atoms with van der Waals surface area (Å²) < 4.78 is 10.8. The molecule has 0 spiro atoms. The van der Waals surface area contributed by atoms with Crippen LogP contribution in [0.25, 0.3) is 0 Å². The number of rotatable bonds is 3. The number of amides is 1. The SMILES string of the molecule is C/C(C(=O)OCc1ccccc1)=C1/CN2C(=O)CC2O1. The molecule has 20 heavy (non-hydrogen) atoms. The average Bonchev–Trinajstić information content (AvgIpc) is 2.82. The van der Waals surface area contributed by atoms with Crippen molar-refractivity contribution >= 4 is 11.9 Å². The van der Waals surface area contributed by atoms with Crippen LogP contribution in [-0.4, -0.2) is 29.5 Å². The van der Waals surface area contributed by atoms with Gasteiger partial charge in [0.15, 0.2) is 6.23 Å². The first kappa shape index (κ1) is 12.7. The van der Waals surface area contributed by atoms with Gasteiger partial charge in [0.2, 0.25) is 5.91 Å². The van der Waals surface area contributed by atoms with Crippen LogP contribution in [0, 0.1) is 0 Å². The number of carbonyl (C=O) groups is 2. The van der Waals surface area contributed by atoms with Crippen molar-refractivity contribution in [2.75, 3.05) is 6.54 Å². The number of nitrogens with zero attached hydrogens (tertiary/aromatic N) is 1. The van der Waals surface area contributed by atoms with Gasteiger partial charge in [-0.25, -0.2) is 4.79 Å². The number of ether oxygens (including phenoxy) is 2. The summed E-state index contributed by atoms with van der Waals surface area (Å²) in [5.41, 5.74) is 1.37. The number of benzene rings is 1. The fraction of sp³-hybridized carbons (Fsp3) is 0.333. The Bertz CT molecular complexity index is 579. The Morgan fingerprint density at radius 3 is 2.80 bits per heavy atom. The molecule has 5 nitrogen and oxygen atoms in total. The second kappa shape index (κ2) is 5.00. The molecule has 1 aromatic rings. The molecule has 3 rings (SSSR count). The number of fused-ring (bicyclic) bond motifs is 1. The molecule has 0 radical (unpaired) electrons. The van der Waals surface area contributed by atoms with Crippen LogP contribution in [-0.2, 0) is 25.7 Å². The van der Waals surface area contributed by atoms with Crippen molar-refractivity contribution < 1.29 is 19.1 Å². The minimum Gasteiger partial charge on any atom is -0.472 e. The molecule has 0 N–H and O–H groups in total. The van der Waals surface area contributed by atoms with E-state index in [9.17, 15) is 9.59 Å². The van der Waals surface area contributed by atoms with Gasteiger partial charge in [-0.15, -0.1) is 0 Å². The topological polar surface area (TPSA) is 55.8 Å². The van der Waals surface area contributed by atoms with Gasteiger partial charge in [0, 0.05) is 0 Å². The maximum atomic E-state index is 12.0. The second-order valence-electron chi connectivity index (χ2n) is 4.91. The van der Waals surface area contributed by atoms with Gasteiger partial charge < -0.3 is 9.47 Å². The molecule has 2 heterocycles. The molecule has 2 fully saturated rings. The number of β-lactam (4-membered cyclic amide) rings is 1. The number of hydrogen-bond donors (Lipinski definition) is 0. The van der Waals surface area contributed by atoms with Crippen LogP contribution in [0.4, 0.5) is 0 Å². The Kier molecular flexibility index (Phi) is 3.18. The lowest BCUT2D eigenvalue weighted by molar-refractivity contribution is -0.154. The molecule has 2 aliphatic rings. The van der Waals surface area contributed by atoms with Crippen LogP contribution in [0.2, 0.25) is 0 Å². The first-order valence-electron chi connectivity index (χ1n) is 6.52. The van der Waals surface area contributed by atoms with Crippen molar-refractivity contribution in [3.05, 3.63) is 47.2 Å². The first-order valence-corrected chi connectivity index (χ1v) is 6.52. The number of hydrogen-bond acceptors (Lipinski definition) is 4. The van der Waals surface area contributed by atoms with Gasteiger partial charge in [-0.05, 0) is 12.5 Å². The van der Waals surface area contributed by atoms with Gasteiger partial charge in [0.25, 0.3) is 0 Å². The van der Waals surface area contributed by atoms with E-state index < -0.39 is 5.97 Å². The summed E-state index contributed by atoms with van der Waals surface area (Å²) in [6, 6.07) is 9.49. The maximum absolute atomic E-state index is 12.0.